The molecular formula is C14H11F2N5OS. The number of anilines is 1. The van der Waals surface area contributed by atoms with Crippen LogP contribution in [-0.2, 0) is 4.79 Å². The van der Waals surface area contributed by atoms with Crippen molar-refractivity contribution in [1.29, 1.82) is 0 Å². The van der Waals surface area contributed by atoms with Crippen LogP contribution in [0.3, 0.4) is 0 Å². The molecule has 0 unspecified atom stereocenters. The van der Waals surface area contributed by atoms with Gasteiger partial charge in [-0.2, -0.15) is 0 Å². The molecule has 3 aromatic rings. The molecule has 0 aliphatic heterocycles. The molecular weight excluding hydrogens is 324 g/mol. The standard InChI is InChI=1S/C14H11F2N5OS/c15-10-3-4-12(11(16)7-10)18-13(22)8-23-14-19-17-9-21(14)20-5-1-2-6-20/h1-7,9H,8H2,(H,18,22). The van der Waals surface area contributed by atoms with Crippen molar-refractivity contribution in [3.05, 3.63) is 60.7 Å². The summed E-state index contributed by atoms with van der Waals surface area (Å²) >= 11 is 1.15. The Morgan fingerprint density at radius 3 is 2.78 bits per heavy atom. The van der Waals surface area contributed by atoms with Crippen LogP contribution in [-0.4, -0.2) is 31.2 Å². The Kier molecular flexibility index (Phi) is 4.38. The number of hydrogen-bond acceptors (Lipinski definition) is 4. The molecule has 0 saturated carbocycles. The Morgan fingerprint density at radius 1 is 1.26 bits per heavy atom. The third kappa shape index (κ3) is 3.57. The van der Waals surface area contributed by atoms with Crippen LogP contribution in [0.15, 0.2) is 54.2 Å². The van der Waals surface area contributed by atoms with E-state index in [0.717, 1.165) is 17.8 Å². The van der Waals surface area contributed by atoms with Gasteiger partial charge in [0.1, 0.15) is 18.0 Å². The number of halogens is 2. The Morgan fingerprint density at radius 2 is 2.04 bits per heavy atom. The van der Waals surface area contributed by atoms with Gasteiger partial charge >= 0.3 is 0 Å². The van der Waals surface area contributed by atoms with Gasteiger partial charge < -0.3 is 5.32 Å². The summed E-state index contributed by atoms with van der Waals surface area (Å²) in [5.74, 6) is -1.94. The molecule has 0 fully saturated rings. The van der Waals surface area contributed by atoms with Crippen molar-refractivity contribution in [2.75, 3.05) is 11.1 Å². The van der Waals surface area contributed by atoms with Crippen molar-refractivity contribution < 1.29 is 13.6 Å². The highest BCUT2D eigenvalue weighted by atomic mass is 32.2. The highest BCUT2D eigenvalue weighted by molar-refractivity contribution is 7.99. The van der Waals surface area contributed by atoms with Gasteiger partial charge in [0.05, 0.1) is 11.4 Å². The third-order valence-electron chi connectivity index (χ3n) is 2.88. The predicted octanol–water partition coefficient (Wildman–Crippen LogP) is 2.40. The van der Waals surface area contributed by atoms with Crippen LogP contribution in [0.2, 0.25) is 0 Å². The molecule has 0 aliphatic carbocycles. The van der Waals surface area contributed by atoms with Gasteiger partial charge in [-0.25, -0.2) is 13.5 Å². The number of benzene rings is 1. The van der Waals surface area contributed by atoms with Gasteiger partial charge in [-0.1, -0.05) is 11.8 Å². The summed E-state index contributed by atoms with van der Waals surface area (Å²) in [6, 6.07) is 6.66. The molecule has 118 valence electrons. The van der Waals surface area contributed by atoms with Gasteiger partial charge in [0.25, 0.3) is 0 Å². The highest BCUT2D eigenvalue weighted by Crippen LogP contribution is 2.18. The maximum absolute atomic E-state index is 13.5. The summed E-state index contributed by atoms with van der Waals surface area (Å²) < 4.78 is 29.7. The van der Waals surface area contributed by atoms with E-state index in [0.29, 0.717) is 11.2 Å². The van der Waals surface area contributed by atoms with E-state index in [4.69, 9.17) is 0 Å². The van der Waals surface area contributed by atoms with E-state index in [9.17, 15) is 13.6 Å². The molecule has 1 N–H and O–H groups in total. The van der Waals surface area contributed by atoms with Crippen LogP contribution in [0.4, 0.5) is 14.5 Å². The average Bonchev–Trinajstić information content (AvgIpc) is 3.18. The van der Waals surface area contributed by atoms with Crippen LogP contribution >= 0.6 is 11.8 Å². The molecule has 23 heavy (non-hydrogen) atoms. The van der Waals surface area contributed by atoms with Crippen molar-refractivity contribution in [2.45, 2.75) is 5.16 Å². The van der Waals surface area contributed by atoms with E-state index in [1.165, 1.54) is 12.4 Å². The molecule has 0 bridgehead atoms. The third-order valence-corrected chi connectivity index (χ3v) is 3.81. The van der Waals surface area contributed by atoms with E-state index in [1.54, 1.807) is 21.7 Å². The first-order valence-electron chi connectivity index (χ1n) is 6.55. The summed E-state index contributed by atoms with van der Waals surface area (Å²) in [4.78, 5) is 11.9. The summed E-state index contributed by atoms with van der Waals surface area (Å²) in [7, 11) is 0. The lowest BCUT2D eigenvalue weighted by Crippen LogP contribution is -2.16. The predicted molar refractivity (Wildman–Crippen MR) is 81.0 cm³/mol. The number of nitrogens with one attached hydrogen (secondary N) is 1. The first-order valence-corrected chi connectivity index (χ1v) is 7.53. The Hall–Kier alpha value is -2.68. The van der Waals surface area contributed by atoms with Crippen molar-refractivity contribution in [1.82, 2.24) is 19.5 Å². The zero-order valence-corrected chi connectivity index (χ0v) is 12.5. The van der Waals surface area contributed by atoms with E-state index in [-0.39, 0.29) is 11.4 Å². The average molecular weight is 335 g/mol. The van der Waals surface area contributed by atoms with Crippen molar-refractivity contribution >= 4 is 23.4 Å². The Balaban J connectivity index is 1.63. The normalized spacial score (nSPS) is 10.7. The number of nitrogens with zero attached hydrogens (tertiary/aromatic N) is 4. The largest absolute Gasteiger partial charge is 0.323 e. The number of carbonyl (C=O) groups excluding carboxylic acids is 1. The SMILES string of the molecule is O=C(CSc1nncn1-n1cccc1)Nc1ccc(F)cc1F. The van der Waals surface area contributed by atoms with Gasteiger partial charge in [-0.05, 0) is 24.3 Å². The molecule has 6 nitrogen and oxygen atoms in total. The number of carbonyl (C=O) groups is 1. The van der Waals surface area contributed by atoms with E-state index >= 15 is 0 Å². The second-order valence-corrected chi connectivity index (χ2v) is 5.42. The van der Waals surface area contributed by atoms with Crippen molar-refractivity contribution in [2.24, 2.45) is 0 Å². The maximum Gasteiger partial charge on any atom is 0.234 e. The maximum atomic E-state index is 13.5. The number of thioether (sulfide) groups is 1. The summed E-state index contributed by atoms with van der Waals surface area (Å²) in [5.41, 5.74) is -0.0659. The number of hydrogen-bond donors (Lipinski definition) is 1. The molecule has 0 saturated heterocycles. The number of rotatable bonds is 5. The first-order chi connectivity index (χ1) is 11.1. The zero-order valence-electron chi connectivity index (χ0n) is 11.7. The fourth-order valence-corrected chi connectivity index (χ4v) is 2.56. The lowest BCUT2D eigenvalue weighted by Gasteiger charge is -2.08. The van der Waals surface area contributed by atoms with Gasteiger partial charge in [-0.15, -0.1) is 10.2 Å². The summed E-state index contributed by atoms with van der Waals surface area (Å²) in [6.45, 7) is 0. The molecule has 3 rings (SSSR count). The second-order valence-electron chi connectivity index (χ2n) is 4.48. The minimum absolute atomic E-state index is 0.0107. The van der Waals surface area contributed by atoms with Crippen molar-refractivity contribution in [3.63, 3.8) is 0 Å². The molecule has 1 amide bonds. The van der Waals surface area contributed by atoms with Gasteiger partial charge in [-0.3, -0.25) is 9.47 Å². The topological polar surface area (TPSA) is 64.7 Å². The number of amides is 1. The van der Waals surface area contributed by atoms with Crippen LogP contribution in [0.1, 0.15) is 0 Å². The van der Waals surface area contributed by atoms with Crippen molar-refractivity contribution in [3.8, 4) is 0 Å². The lowest BCUT2D eigenvalue weighted by molar-refractivity contribution is -0.113. The van der Waals surface area contributed by atoms with Crippen LogP contribution < -0.4 is 5.32 Å². The minimum atomic E-state index is -0.821. The minimum Gasteiger partial charge on any atom is -0.323 e. The van der Waals surface area contributed by atoms with Gasteiger partial charge in [0, 0.05) is 18.5 Å². The smallest absolute Gasteiger partial charge is 0.234 e. The van der Waals surface area contributed by atoms with Crippen LogP contribution in [0.5, 0.6) is 0 Å². The molecule has 0 aliphatic rings. The molecule has 0 spiro atoms. The summed E-state index contributed by atoms with van der Waals surface area (Å²) in [5, 5.41) is 10.6. The Labute approximate surface area is 134 Å². The number of aromatic nitrogens is 4. The Bertz CT molecular complexity index is 818. The molecule has 1 aromatic carbocycles. The first kappa shape index (κ1) is 15.2. The molecule has 2 aromatic heterocycles. The zero-order chi connectivity index (χ0) is 16.2. The second kappa shape index (κ2) is 6.61. The lowest BCUT2D eigenvalue weighted by atomic mass is 10.3. The fourth-order valence-electron chi connectivity index (χ4n) is 1.85. The molecule has 9 heteroatoms. The molecule has 0 radical (unpaired) electrons. The van der Waals surface area contributed by atoms with Gasteiger partial charge in [0.2, 0.25) is 11.1 Å². The molecule has 2 heterocycles. The van der Waals surface area contributed by atoms with Crippen LogP contribution in [0.25, 0.3) is 0 Å². The molecule has 0 atom stereocenters. The van der Waals surface area contributed by atoms with E-state index in [2.05, 4.69) is 15.5 Å². The fraction of sp³-hybridized carbons (Fsp3) is 0.0714. The van der Waals surface area contributed by atoms with E-state index in [1.807, 2.05) is 12.1 Å². The van der Waals surface area contributed by atoms with Crippen LogP contribution in [0, 0.1) is 11.6 Å². The quantitative estimate of drug-likeness (QED) is 0.727. The van der Waals surface area contributed by atoms with E-state index < -0.39 is 17.5 Å². The van der Waals surface area contributed by atoms with Gasteiger partial charge in [0.15, 0.2) is 0 Å². The summed E-state index contributed by atoms with van der Waals surface area (Å²) in [6.07, 6.45) is 5.13. The highest BCUT2D eigenvalue weighted by Gasteiger charge is 2.12. The monoisotopic (exact) mass is 335 g/mol.